The van der Waals surface area contributed by atoms with Crippen molar-refractivity contribution in [3.63, 3.8) is 0 Å². The van der Waals surface area contributed by atoms with Gasteiger partial charge in [-0.15, -0.1) is 0 Å². The number of nitrogens with zero attached hydrogens (tertiary/aromatic N) is 1. The van der Waals surface area contributed by atoms with Crippen molar-refractivity contribution < 1.29 is 39.3 Å². The van der Waals surface area contributed by atoms with Crippen LogP contribution in [0.25, 0.3) is 0 Å². The Bertz CT molecular complexity index is 1150. The largest absolute Gasteiger partial charge is 0.508 e. The van der Waals surface area contributed by atoms with E-state index in [1.807, 2.05) is 0 Å². The molecule has 218 valence electrons. The Kier molecular flexibility index (Phi) is 12.1. The van der Waals surface area contributed by atoms with Gasteiger partial charge in [0.15, 0.2) is 0 Å². The van der Waals surface area contributed by atoms with Gasteiger partial charge >= 0.3 is 11.9 Å². The fourth-order valence-electron chi connectivity index (χ4n) is 3.80. The third kappa shape index (κ3) is 10.0. The van der Waals surface area contributed by atoms with E-state index in [1.54, 1.807) is 26.0 Å². The third-order valence-electron chi connectivity index (χ3n) is 6.40. The van der Waals surface area contributed by atoms with Crippen molar-refractivity contribution in [2.75, 3.05) is 0 Å². The number of aromatic hydroxyl groups is 1. The molecule has 1 aromatic carbocycles. The van der Waals surface area contributed by atoms with E-state index in [4.69, 9.17) is 10.8 Å². The molecule has 2 rings (SSSR count). The lowest BCUT2D eigenvalue weighted by Crippen LogP contribution is -2.59. The number of phenolic OH excluding ortho intramolecular Hbond substituents is 1. The first-order valence-electron chi connectivity index (χ1n) is 12.8. The summed E-state index contributed by atoms with van der Waals surface area (Å²) in [6, 6.07) is 1.08. The highest BCUT2D eigenvalue weighted by Crippen LogP contribution is 2.14. The third-order valence-corrected chi connectivity index (χ3v) is 6.40. The number of aromatic amines is 1. The van der Waals surface area contributed by atoms with E-state index in [1.165, 1.54) is 24.7 Å². The summed E-state index contributed by atoms with van der Waals surface area (Å²) in [7, 11) is 0. The van der Waals surface area contributed by atoms with E-state index in [0.29, 0.717) is 17.7 Å². The number of phenols is 1. The van der Waals surface area contributed by atoms with Gasteiger partial charge < -0.3 is 42.0 Å². The average molecular weight is 561 g/mol. The van der Waals surface area contributed by atoms with Gasteiger partial charge in [0.05, 0.1) is 12.4 Å². The number of carbonyl (C=O) groups is 5. The van der Waals surface area contributed by atoms with E-state index in [-0.39, 0.29) is 31.4 Å². The number of benzene rings is 1. The molecule has 0 aliphatic heterocycles. The van der Waals surface area contributed by atoms with Crippen molar-refractivity contribution in [2.45, 2.75) is 70.1 Å². The maximum absolute atomic E-state index is 13.4. The van der Waals surface area contributed by atoms with Crippen LogP contribution in [0.3, 0.4) is 0 Å². The van der Waals surface area contributed by atoms with Crippen LogP contribution in [0.15, 0.2) is 36.8 Å². The van der Waals surface area contributed by atoms with Gasteiger partial charge in [0, 0.05) is 31.2 Å². The van der Waals surface area contributed by atoms with Gasteiger partial charge in [-0.1, -0.05) is 32.4 Å². The number of nitrogens with one attached hydrogen (secondary N) is 4. The number of amides is 3. The number of carbonyl (C=O) groups excluding carboxylic acids is 3. The van der Waals surface area contributed by atoms with Gasteiger partial charge in [0.1, 0.15) is 23.9 Å². The quantitative estimate of drug-likeness (QED) is 0.133. The minimum atomic E-state index is -1.30. The number of imidazole rings is 1. The van der Waals surface area contributed by atoms with E-state index < -0.39 is 59.7 Å². The maximum Gasteiger partial charge on any atom is 0.326 e. The second kappa shape index (κ2) is 15.2. The van der Waals surface area contributed by atoms with Crippen LogP contribution in [0.2, 0.25) is 0 Å². The Labute approximate surface area is 230 Å². The normalized spacial score (nSPS) is 14.7. The number of carboxylic acids is 2. The highest BCUT2D eigenvalue weighted by atomic mass is 16.4. The molecule has 40 heavy (non-hydrogen) atoms. The Balaban J connectivity index is 2.23. The van der Waals surface area contributed by atoms with Crippen molar-refractivity contribution in [3.05, 3.63) is 48.0 Å². The molecule has 0 aliphatic carbocycles. The molecule has 0 fully saturated rings. The molecule has 0 bridgehead atoms. The van der Waals surface area contributed by atoms with E-state index in [2.05, 4.69) is 25.9 Å². The number of hydrogen-bond acceptors (Lipinski definition) is 8. The van der Waals surface area contributed by atoms with Gasteiger partial charge in [-0.2, -0.15) is 0 Å². The van der Waals surface area contributed by atoms with Crippen molar-refractivity contribution >= 4 is 29.7 Å². The van der Waals surface area contributed by atoms with Crippen LogP contribution in [-0.2, 0) is 36.8 Å². The minimum absolute atomic E-state index is 0.00102. The second-order valence-electron chi connectivity index (χ2n) is 9.52. The van der Waals surface area contributed by atoms with E-state index >= 15 is 0 Å². The van der Waals surface area contributed by atoms with Gasteiger partial charge in [-0.25, -0.2) is 9.78 Å². The fraction of sp³-hybridized carbons (Fsp3) is 0.462. The lowest BCUT2D eigenvalue weighted by Gasteiger charge is -2.28. The van der Waals surface area contributed by atoms with Crippen molar-refractivity contribution in [1.82, 2.24) is 25.9 Å². The van der Waals surface area contributed by atoms with Gasteiger partial charge in [0.25, 0.3) is 0 Å². The highest BCUT2D eigenvalue weighted by molar-refractivity contribution is 5.94. The van der Waals surface area contributed by atoms with Gasteiger partial charge in [-0.3, -0.25) is 19.2 Å². The van der Waals surface area contributed by atoms with Crippen LogP contribution in [0.4, 0.5) is 0 Å². The second-order valence-corrected chi connectivity index (χ2v) is 9.52. The SMILES string of the molecule is CCC(C)C(NC(=O)C(Cc1ccc(O)cc1)NC(=O)C(N)CCC(=O)O)C(=O)NC(Cc1cnc[nH]1)C(=O)O. The van der Waals surface area contributed by atoms with Crippen LogP contribution >= 0.6 is 0 Å². The minimum Gasteiger partial charge on any atom is -0.508 e. The average Bonchev–Trinajstić information content (AvgIpc) is 3.43. The summed E-state index contributed by atoms with van der Waals surface area (Å²) >= 11 is 0. The summed E-state index contributed by atoms with van der Waals surface area (Å²) in [5.41, 5.74) is 6.89. The lowest BCUT2D eigenvalue weighted by atomic mass is 9.96. The highest BCUT2D eigenvalue weighted by Gasteiger charge is 2.33. The van der Waals surface area contributed by atoms with Gasteiger partial charge in [-0.05, 0) is 30.0 Å². The topological polar surface area (TPSA) is 237 Å². The first-order valence-corrected chi connectivity index (χ1v) is 12.8. The first-order chi connectivity index (χ1) is 18.9. The zero-order valence-corrected chi connectivity index (χ0v) is 22.3. The summed E-state index contributed by atoms with van der Waals surface area (Å²) in [6.45, 7) is 3.51. The molecule has 0 radical (unpaired) electrons. The molecule has 3 amide bonds. The predicted octanol–water partition coefficient (Wildman–Crippen LogP) is -0.322. The fourth-order valence-corrected chi connectivity index (χ4v) is 3.80. The number of aromatic nitrogens is 2. The number of hydrogen-bond donors (Lipinski definition) is 8. The molecule has 5 atom stereocenters. The number of H-pyrrole nitrogens is 1. The van der Waals surface area contributed by atoms with Crippen LogP contribution in [0, 0.1) is 5.92 Å². The Hall–Kier alpha value is -4.46. The summed E-state index contributed by atoms with van der Waals surface area (Å²) < 4.78 is 0. The van der Waals surface area contributed by atoms with E-state index in [0.717, 1.165) is 0 Å². The number of aliphatic carboxylic acids is 2. The van der Waals surface area contributed by atoms with Crippen molar-refractivity contribution in [2.24, 2.45) is 11.7 Å². The molecule has 0 spiro atoms. The summed E-state index contributed by atoms with van der Waals surface area (Å²) in [5.74, 6) is -5.01. The first kappa shape index (κ1) is 31.8. The van der Waals surface area contributed by atoms with Crippen LogP contribution < -0.4 is 21.7 Å². The molecular weight excluding hydrogens is 524 g/mol. The number of nitrogens with two attached hydrogens (primary N) is 1. The van der Waals surface area contributed by atoms with Crippen molar-refractivity contribution in [3.8, 4) is 5.75 Å². The Morgan fingerprint density at radius 2 is 1.60 bits per heavy atom. The summed E-state index contributed by atoms with van der Waals surface area (Å²) in [4.78, 5) is 68.6. The standard InChI is InChI=1S/C26H36N6O8/c1-3-14(2)22(25(38)31-20(26(39)40)11-16-12-28-13-29-16)32-24(37)19(10-15-4-6-17(33)7-5-15)30-23(36)18(27)8-9-21(34)35/h4-7,12-14,18-20,22,33H,3,8-11,27H2,1-2H3,(H,28,29)(H,30,36)(H,31,38)(H,32,37)(H,34,35)(H,39,40). The summed E-state index contributed by atoms with van der Waals surface area (Å²) in [5, 5.41) is 35.7. The molecular formula is C26H36N6O8. The van der Waals surface area contributed by atoms with Gasteiger partial charge in [0.2, 0.25) is 17.7 Å². The molecule has 14 heteroatoms. The Morgan fingerprint density at radius 1 is 0.950 bits per heavy atom. The number of carboxylic acid groups (broad SMARTS) is 2. The Morgan fingerprint density at radius 3 is 2.15 bits per heavy atom. The van der Waals surface area contributed by atoms with Crippen molar-refractivity contribution in [1.29, 1.82) is 0 Å². The smallest absolute Gasteiger partial charge is 0.326 e. The zero-order chi connectivity index (χ0) is 29.8. The molecule has 1 aromatic heterocycles. The van der Waals surface area contributed by atoms with Crippen LogP contribution in [0.5, 0.6) is 5.75 Å². The molecule has 0 saturated carbocycles. The molecule has 1 heterocycles. The molecule has 5 unspecified atom stereocenters. The van der Waals surface area contributed by atoms with E-state index in [9.17, 15) is 34.2 Å². The maximum atomic E-state index is 13.4. The summed E-state index contributed by atoms with van der Waals surface area (Å²) in [6.07, 6.45) is 2.70. The molecule has 0 saturated heterocycles. The van der Waals surface area contributed by atoms with Crippen LogP contribution in [-0.4, -0.2) is 79.1 Å². The number of rotatable bonds is 16. The predicted molar refractivity (Wildman–Crippen MR) is 142 cm³/mol. The molecule has 0 aliphatic rings. The monoisotopic (exact) mass is 560 g/mol. The lowest BCUT2D eigenvalue weighted by molar-refractivity contribution is -0.142. The molecule has 9 N–H and O–H groups in total. The zero-order valence-electron chi connectivity index (χ0n) is 22.3. The van der Waals surface area contributed by atoms with Crippen LogP contribution in [0.1, 0.15) is 44.4 Å². The molecule has 2 aromatic rings. The molecule has 14 nitrogen and oxygen atoms in total.